The fourth-order valence-corrected chi connectivity index (χ4v) is 2.06. The normalized spacial score (nSPS) is 18.8. The first-order chi connectivity index (χ1) is 7.72. The molecule has 1 unspecified atom stereocenters. The molecule has 0 aliphatic heterocycles. The van der Waals surface area contributed by atoms with E-state index in [1.807, 2.05) is 0 Å². The van der Waals surface area contributed by atoms with E-state index in [9.17, 15) is 0 Å². The van der Waals surface area contributed by atoms with Crippen molar-refractivity contribution in [3.63, 3.8) is 0 Å². The Bertz CT molecular complexity index is 169. The van der Waals surface area contributed by atoms with Crippen molar-refractivity contribution in [1.82, 2.24) is 5.32 Å². The molecule has 1 aliphatic rings. The second-order valence-electron chi connectivity index (χ2n) is 5.19. The molecule has 3 heteroatoms. The highest BCUT2D eigenvalue weighted by molar-refractivity contribution is 4.69. The number of rotatable bonds is 9. The molecule has 3 nitrogen and oxygen atoms in total. The molecular formula is C13H27NO2. The topological polar surface area (TPSA) is 41.5 Å². The molecule has 0 aromatic carbocycles. The summed E-state index contributed by atoms with van der Waals surface area (Å²) in [5.41, 5.74) is 0. The van der Waals surface area contributed by atoms with Gasteiger partial charge in [-0.05, 0) is 18.8 Å². The molecule has 1 aliphatic carbocycles. The average molecular weight is 229 g/mol. The summed E-state index contributed by atoms with van der Waals surface area (Å²) in [6.07, 6.45) is 6.34. The Morgan fingerprint density at radius 3 is 2.56 bits per heavy atom. The van der Waals surface area contributed by atoms with Gasteiger partial charge in [0.15, 0.2) is 0 Å². The Hall–Kier alpha value is -0.120. The maximum absolute atomic E-state index is 9.15. The summed E-state index contributed by atoms with van der Waals surface area (Å²) in [5, 5.41) is 12.5. The summed E-state index contributed by atoms with van der Waals surface area (Å²) in [7, 11) is 0. The lowest BCUT2D eigenvalue weighted by Gasteiger charge is -2.25. The lowest BCUT2D eigenvalue weighted by Crippen LogP contribution is -2.38. The Morgan fingerprint density at radius 1 is 1.31 bits per heavy atom. The SMILES string of the molecule is CC(C)NC(CO)CCOCCC1CCC1. The van der Waals surface area contributed by atoms with Gasteiger partial charge in [-0.3, -0.25) is 0 Å². The summed E-state index contributed by atoms with van der Waals surface area (Å²) in [6.45, 7) is 6.05. The standard InChI is InChI=1S/C13H27NO2/c1-11(2)14-13(10-15)7-9-16-8-6-12-4-3-5-12/h11-15H,3-10H2,1-2H3. The van der Waals surface area contributed by atoms with E-state index in [2.05, 4.69) is 19.2 Å². The summed E-state index contributed by atoms with van der Waals surface area (Å²) in [4.78, 5) is 0. The van der Waals surface area contributed by atoms with Gasteiger partial charge in [-0.15, -0.1) is 0 Å². The maximum atomic E-state index is 9.15. The molecule has 1 atom stereocenters. The molecule has 0 saturated heterocycles. The fraction of sp³-hybridized carbons (Fsp3) is 1.00. The minimum atomic E-state index is 0.184. The van der Waals surface area contributed by atoms with Gasteiger partial charge >= 0.3 is 0 Å². The molecule has 0 heterocycles. The first-order valence-corrected chi connectivity index (χ1v) is 6.67. The Kier molecular flexibility index (Phi) is 7.01. The summed E-state index contributed by atoms with van der Waals surface area (Å²) >= 11 is 0. The minimum absolute atomic E-state index is 0.184. The van der Waals surface area contributed by atoms with Crippen LogP contribution in [0.2, 0.25) is 0 Å². The first kappa shape index (κ1) is 13.9. The van der Waals surface area contributed by atoms with E-state index in [-0.39, 0.29) is 12.6 Å². The lowest BCUT2D eigenvalue weighted by molar-refractivity contribution is 0.0914. The van der Waals surface area contributed by atoms with Crippen LogP contribution in [0.5, 0.6) is 0 Å². The molecule has 0 aromatic heterocycles. The van der Waals surface area contributed by atoms with Crippen LogP contribution in [0.4, 0.5) is 0 Å². The van der Waals surface area contributed by atoms with Gasteiger partial charge in [0, 0.05) is 25.3 Å². The Morgan fingerprint density at radius 2 is 2.06 bits per heavy atom. The third kappa shape index (κ3) is 5.83. The number of nitrogens with one attached hydrogen (secondary N) is 1. The van der Waals surface area contributed by atoms with E-state index in [0.717, 1.165) is 25.6 Å². The molecule has 1 saturated carbocycles. The highest BCUT2D eigenvalue weighted by Gasteiger charge is 2.16. The molecule has 96 valence electrons. The summed E-state index contributed by atoms with van der Waals surface area (Å²) < 4.78 is 5.60. The third-order valence-electron chi connectivity index (χ3n) is 3.30. The van der Waals surface area contributed by atoms with Crippen molar-refractivity contribution in [1.29, 1.82) is 0 Å². The van der Waals surface area contributed by atoms with Crippen LogP contribution < -0.4 is 5.32 Å². The van der Waals surface area contributed by atoms with Crippen molar-refractivity contribution >= 4 is 0 Å². The van der Waals surface area contributed by atoms with E-state index in [1.165, 1.54) is 25.7 Å². The number of ether oxygens (including phenoxy) is 1. The van der Waals surface area contributed by atoms with Crippen LogP contribution in [0.3, 0.4) is 0 Å². The second kappa shape index (κ2) is 8.04. The summed E-state index contributed by atoms with van der Waals surface area (Å²) in [5.74, 6) is 0.933. The van der Waals surface area contributed by atoms with Crippen LogP contribution >= 0.6 is 0 Å². The van der Waals surface area contributed by atoms with E-state index in [4.69, 9.17) is 9.84 Å². The van der Waals surface area contributed by atoms with Crippen LogP contribution in [0, 0.1) is 5.92 Å². The van der Waals surface area contributed by atoms with Crippen molar-refractivity contribution in [2.24, 2.45) is 5.92 Å². The third-order valence-corrected chi connectivity index (χ3v) is 3.30. The molecule has 16 heavy (non-hydrogen) atoms. The largest absolute Gasteiger partial charge is 0.395 e. The molecule has 0 aromatic rings. The predicted octanol–water partition coefficient (Wildman–Crippen LogP) is 1.94. The van der Waals surface area contributed by atoms with Gasteiger partial charge in [0.25, 0.3) is 0 Å². The highest BCUT2D eigenvalue weighted by atomic mass is 16.5. The molecule has 0 amide bonds. The lowest BCUT2D eigenvalue weighted by atomic mass is 9.83. The zero-order valence-corrected chi connectivity index (χ0v) is 10.7. The van der Waals surface area contributed by atoms with Crippen LogP contribution in [0.15, 0.2) is 0 Å². The molecule has 0 bridgehead atoms. The van der Waals surface area contributed by atoms with Gasteiger partial charge in [-0.2, -0.15) is 0 Å². The number of hydrogen-bond donors (Lipinski definition) is 2. The zero-order chi connectivity index (χ0) is 11.8. The number of hydrogen-bond acceptors (Lipinski definition) is 3. The average Bonchev–Trinajstić information content (AvgIpc) is 2.18. The predicted molar refractivity (Wildman–Crippen MR) is 66.5 cm³/mol. The first-order valence-electron chi connectivity index (χ1n) is 6.67. The van der Waals surface area contributed by atoms with E-state index < -0.39 is 0 Å². The zero-order valence-electron chi connectivity index (χ0n) is 10.7. The van der Waals surface area contributed by atoms with Crippen LogP contribution in [0.25, 0.3) is 0 Å². The molecule has 2 N–H and O–H groups in total. The monoisotopic (exact) mass is 229 g/mol. The van der Waals surface area contributed by atoms with Crippen LogP contribution in [-0.2, 0) is 4.74 Å². The van der Waals surface area contributed by atoms with E-state index in [1.54, 1.807) is 0 Å². The summed E-state index contributed by atoms with van der Waals surface area (Å²) in [6, 6.07) is 0.607. The van der Waals surface area contributed by atoms with E-state index in [0.29, 0.717) is 6.04 Å². The molecule has 0 spiro atoms. The van der Waals surface area contributed by atoms with Crippen molar-refractivity contribution in [3.05, 3.63) is 0 Å². The van der Waals surface area contributed by atoms with Crippen molar-refractivity contribution in [2.75, 3.05) is 19.8 Å². The Labute approximate surface area is 99.6 Å². The Balaban J connectivity index is 1.91. The molecule has 1 fully saturated rings. The molecule has 0 radical (unpaired) electrons. The number of aliphatic hydroxyl groups is 1. The second-order valence-corrected chi connectivity index (χ2v) is 5.19. The minimum Gasteiger partial charge on any atom is -0.395 e. The van der Waals surface area contributed by atoms with Crippen molar-refractivity contribution in [3.8, 4) is 0 Å². The maximum Gasteiger partial charge on any atom is 0.0585 e. The van der Waals surface area contributed by atoms with E-state index >= 15 is 0 Å². The van der Waals surface area contributed by atoms with Gasteiger partial charge < -0.3 is 15.2 Å². The smallest absolute Gasteiger partial charge is 0.0585 e. The molecular weight excluding hydrogens is 202 g/mol. The van der Waals surface area contributed by atoms with Gasteiger partial charge in [-0.1, -0.05) is 33.1 Å². The highest BCUT2D eigenvalue weighted by Crippen LogP contribution is 2.29. The van der Waals surface area contributed by atoms with Crippen molar-refractivity contribution in [2.45, 2.75) is 58.0 Å². The van der Waals surface area contributed by atoms with Gasteiger partial charge in [0.1, 0.15) is 0 Å². The van der Waals surface area contributed by atoms with Gasteiger partial charge in [0.2, 0.25) is 0 Å². The van der Waals surface area contributed by atoms with Crippen molar-refractivity contribution < 1.29 is 9.84 Å². The fourth-order valence-electron chi connectivity index (χ4n) is 2.06. The quantitative estimate of drug-likeness (QED) is 0.594. The number of aliphatic hydroxyl groups excluding tert-OH is 1. The van der Waals surface area contributed by atoms with Crippen LogP contribution in [-0.4, -0.2) is 37.0 Å². The van der Waals surface area contributed by atoms with Crippen LogP contribution in [0.1, 0.15) is 46.0 Å². The van der Waals surface area contributed by atoms with Gasteiger partial charge in [-0.25, -0.2) is 0 Å². The molecule has 1 rings (SSSR count). The van der Waals surface area contributed by atoms with Gasteiger partial charge in [0.05, 0.1) is 6.61 Å².